The number of rotatable bonds is 1. The van der Waals surface area contributed by atoms with E-state index < -0.39 is 0 Å². The van der Waals surface area contributed by atoms with Crippen LogP contribution < -0.4 is 0 Å². The van der Waals surface area contributed by atoms with Crippen molar-refractivity contribution in [2.45, 2.75) is 0 Å². The molecule has 0 aliphatic heterocycles. The lowest BCUT2D eigenvalue weighted by Crippen LogP contribution is -1.73. The van der Waals surface area contributed by atoms with Gasteiger partial charge in [-0.05, 0) is 0 Å². The van der Waals surface area contributed by atoms with E-state index >= 15 is 0 Å². The summed E-state index contributed by atoms with van der Waals surface area (Å²) in [4.78, 5) is 10.0. The minimum atomic E-state index is 0.729. The van der Waals surface area contributed by atoms with E-state index in [2.05, 4.69) is 0 Å². The molecule has 1 aromatic rings. The van der Waals surface area contributed by atoms with Gasteiger partial charge >= 0.3 is 0 Å². The first-order valence-electron chi connectivity index (χ1n) is 2.44. The summed E-state index contributed by atoms with van der Waals surface area (Å²) in [6.07, 6.45) is 0.833. The van der Waals surface area contributed by atoms with Crippen LogP contribution in [0.3, 0.4) is 0 Å². The fourth-order valence-electron chi connectivity index (χ4n) is 0.532. The van der Waals surface area contributed by atoms with Gasteiger partial charge in [0, 0.05) is 5.56 Å². The molecule has 1 aromatic carbocycles. The Hall–Kier alpha value is -1.11. The summed E-state index contributed by atoms with van der Waals surface area (Å²) in [6, 6.07) is 9.10. The van der Waals surface area contributed by atoms with E-state index in [9.17, 15) is 4.79 Å². The van der Waals surface area contributed by atoms with Crippen LogP contribution in [0.5, 0.6) is 0 Å². The molecule has 0 fully saturated rings. The fourth-order valence-corrected chi connectivity index (χ4v) is 0.532. The van der Waals surface area contributed by atoms with Crippen LogP contribution in [0.4, 0.5) is 0 Å². The average molecular weight is 106 g/mol. The van der Waals surface area contributed by atoms with Gasteiger partial charge in [0.25, 0.3) is 0 Å². The van der Waals surface area contributed by atoms with Crippen LogP contribution >= 0.6 is 0 Å². The van der Waals surface area contributed by atoms with Gasteiger partial charge < -0.3 is 0 Å². The molecule has 0 atom stereocenters. The fraction of sp³-hybridized carbons (Fsp3) is 0. The van der Waals surface area contributed by atoms with E-state index in [1.165, 1.54) is 0 Å². The first-order valence-corrected chi connectivity index (χ1v) is 2.44. The van der Waals surface area contributed by atoms with Gasteiger partial charge in [-0.2, -0.15) is 0 Å². The monoisotopic (exact) mass is 106 g/mol. The molecule has 0 amide bonds. The van der Waals surface area contributed by atoms with E-state index in [1.807, 2.05) is 18.2 Å². The summed E-state index contributed by atoms with van der Waals surface area (Å²) in [6.45, 7) is 0. The highest BCUT2D eigenvalue weighted by atomic mass is 16.1. The number of hydrogen-bond donors (Lipinski definition) is 0. The number of carbonyl (C=O) groups excluding carboxylic acids is 1. The largest absolute Gasteiger partial charge is 0.298 e. The van der Waals surface area contributed by atoms with Gasteiger partial charge in [-0.25, -0.2) is 0 Å². The maximum Gasteiger partial charge on any atom is 0.150 e. The molecule has 0 unspecified atom stereocenters. The third-order valence-corrected chi connectivity index (χ3v) is 0.936. The van der Waals surface area contributed by atoms with Crippen LogP contribution in [-0.4, -0.2) is 6.29 Å². The van der Waals surface area contributed by atoms with Crippen molar-refractivity contribution >= 4 is 6.29 Å². The van der Waals surface area contributed by atoms with E-state index in [0.29, 0.717) is 0 Å². The third kappa shape index (κ3) is 0.936. The molecule has 8 heavy (non-hydrogen) atoms. The molecule has 0 saturated carbocycles. The first-order chi connectivity index (χ1) is 3.93. The van der Waals surface area contributed by atoms with Gasteiger partial charge in [0.2, 0.25) is 0 Å². The second-order valence-corrected chi connectivity index (χ2v) is 1.53. The minimum absolute atomic E-state index is 0.729. The van der Waals surface area contributed by atoms with E-state index in [4.69, 9.17) is 0 Å². The molecule has 0 aliphatic carbocycles. The summed E-state index contributed by atoms with van der Waals surface area (Å²) >= 11 is 0. The topological polar surface area (TPSA) is 17.1 Å². The van der Waals surface area contributed by atoms with Crippen molar-refractivity contribution < 1.29 is 4.79 Å². The van der Waals surface area contributed by atoms with Gasteiger partial charge in [0.05, 0.1) is 0 Å². The number of hydrogen-bond acceptors (Lipinski definition) is 1. The predicted molar refractivity (Wildman–Crippen MR) is 31.8 cm³/mol. The summed E-state index contributed by atoms with van der Waals surface area (Å²) in [5.74, 6) is 0. The molecule has 0 bridgehead atoms. The van der Waals surface area contributed by atoms with Crippen LogP contribution in [0.25, 0.3) is 0 Å². The summed E-state index contributed by atoms with van der Waals surface area (Å²) in [5.41, 5.74) is 0.729. The van der Waals surface area contributed by atoms with Gasteiger partial charge in [0.15, 0.2) is 0 Å². The average Bonchev–Trinajstić information content (AvgIpc) is 1.90. The second kappa shape index (κ2) is 2.26. The highest BCUT2D eigenvalue weighted by Gasteiger charge is 1.79. The molecule has 0 heterocycles. The Kier molecular flexibility index (Phi) is 1.42. The molecule has 1 rings (SSSR count). The first kappa shape index (κ1) is 5.04. The lowest BCUT2D eigenvalue weighted by molar-refractivity contribution is 0.112. The highest BCUT2D eigenvalue weighted by molar-refractivity contribution is 5.74. The molecule has 0 aliphatic rings. The normalized spacial score (nSPS) is 8.50. The summed E-state index contributed by atoms with van der Waals surface area (Å²) in [7, 11) is 0. The van der Waals surface area contributed by atoms with Crippen molar-refractivity contribution in [1.82, 2.24) is 0 Å². The summed E-state index contributed by atoms with van der Waals surface area (Å²) < 4.78 is 0. The van der Waals surface area contributed by atoms with Gasteiger partial charge in [0.1, 0.15) is 6.29 Å². The molecule has 0 N–H and O–H groups in total. The maximum absolute atomic E-state index is 10.0. The quantitative estimate of drug-likeness (QED) is 0.496. The SMILES string of the molecule is O=C[12c]1ccccc1. The lowest BCUT2D eigenvalue weighted by atomic mass is 10.2. The van der Waals surface area contributed by atoms with Crippen LogP contribution in [-0.2, 0) is 0 Å². The Morgan fingerprint density at radius 1 is 1.12 bits per heavy atom. The smallest absolute Gasteiger partial charge is 0.150 e. The van der Waals surface area contributed by atoms with Gasteiger partial charge in [-0.15, -0.1) is 0 Å². The summed E-state index contributed by atoms with van der Waals surface area (Å²) in [5, 5.41) is 0. The van der Waals surface area contributed by atoms with E-state index in [-0.39, 0.29) is 0 Å². The Bertz CT molecular complexity index is 167. The molecule has 1 heteroatoms. The molecule has 0 radical (unpaired) electrons. The molecule has 0 aromatic heterocycles. The van der Waals surface area contributed by atoms with Crippen LogP contribution in [0.2, 0.25) is 0 Å². The molecular formula is C7H6O. The highest BCUT2D eigenvalue weighted by Crippen LogP contribution is 1.91. The van der Waals surface area contributed by atoms with Crippen LogP contribution in [0, 0.1) is 0 Å². The molecule has 0 spiro atoms. The van der Waals surface area contributed by atoms with Crippen molar-refractivity contribution in [2.24, 2.45) is 0 Å². The molecular weight excluding hydrogens is 100 g/mol. The van der Waals surface area contributed by atoms with E-state index in [1.54, 1.807) is 12.1 Å². The number of benzene rings is 1. The van der Waals surface area contributed by atoms with Gasteiger partial charge in [-0.1, -0.05) is 30.3 Å². The molecule has 40 valence electrons. The van der Waals surface area contributed by atoms with Crippen molar-refractivity contribution in [1.29, 1.82) is 0 Å². The Morgan fingerprint density at radius 3 is 2.12 bits per heavy atom. The second-order valence-electron chi connectivity index (χ2n) is 1.53. The number of carbonyl (C=O) groups is 1. The Balaban J connectivity index is 2.99. The standard InChI is InChI=1S/C7H6O/c8-6-7-4-2-1-3-5-7/h1-6H/i7+0. The van der Waals surface area contributed by atoms with E-state index in [0.717, 1.165) is 11.8 Å². The van der Waals surface area contributed by atoms with Crippen LogP contribution in [0.15, 0.2) is 30.3 Å². The maximum atomic E-state index is 10.0. The predicted octanol–water partition coefficient (Wildman–Crippen LogP) is 1.50. The molecule has 1 nitrogen and oxygen atoms in total. The van der Waals surface area contributed by atoms with Crippen molar-refractivity contribution in [3.8, 4) is 0 Å². The van der Waals surface area contributed by atoms with Crippen molar-refractivity contribution in [2.75, 3.05) is 0 Å². The lowest BCUT2D eigenvalue weighted by Gasteiger charge is -1.81. The zero-order chi connectivity index (χ0) is 5.82. The van der Waals surface area contributed by atoms with Crippen LogP contribution in [0.1, 0.15) is 10.4 Å². The number of aldehydes is 1. The van der Waals surface area contributed by atoms with Gasteiger partial charge in [-0.3, -0.25) is 4.79 Å². The third-order valence-electron chi connectivity index (χ3n) is 0.936. The molecule has 0 saturated heterocycles. The zero-order valence-electron chi connectivity index (χ0n) is 4.37. The zero-order valence-corrected chi connectivity index (χ0v) is 4.37. The minimum Gasteiger partial charge on any atom is -0.298 e. The Labute approximate surface area is 48.0 Å². The van der Waals surface area contributed by atoms with Crippen molar-refractivity contribution in [3.05, 3.63) is 35.9 Å². The van der Waals surface area contributed by atoms with Crippen molar-refractivity contribution in [3.63, 3.8) is 0 Å². The Morgan fingerprint density at radius 2 is 1.75 bits per heavy atom.